The lowest BCUT2D eigenvalue weighted by Gasteiger charge is -2.35. The number of hydrogen-bond acceptors (Lipinski definition) is 3. The monoisotopic (exact) mass is 182 g/mol. The molecule has 2 rings (SSSR count). The molecular weight excluding hydrogens is 171 g/mol. The fourth-order valence-corrected chi connectivity index (χ4v) is 1.32. The number of alkyl halides is 1. The lowest BCUT2D eigenvalue weighted by Crippen LogP contribution is -2.53. The second kappa shape index (κ2) is 2.96. The van der Waals surface area contributed by atoms with Crippen molar-refractivity contribution in [2.75, 3.05) is 20.2 Å². The molecule has 0 radical (unpaired) electrons. The second-order valence-corrected chi connectivity index (χ2v) is 3.18. The summed E-state index contributed by atoms with van der Waals surface area (Å²) in [5.41, 5.74) is -0.660. The first-order valence-corrected chi connectivity index (χ1v) is 4.14. The maximum absolute atomic E-state index is 13.8. The standard InChI is InChI=1S/C9H11FN2O/c1-13-8-2-7(3-11-4-8)9(10)5-12-6-9/h2-4,12H,5-6H2,1H3. The number of rotatable bonds is 2. The van der Waals surface area contributed by atoms with E-state index in [2.05, 4.69) is 10.3 Å². The topological polar surface area (TPSA) is 34.1 Å². The molecule has 13 heavy (non-hydrogen) atoms. The Hall–Kier alpha value is -1.16. The SMILES string of the molecule is COc1cncc(C2(F)CNC2)c1. The van der Waals surface area contributed by atoms with Crippen molar-refractivity contribution in [3.8, 4) is 5.75 Å². The van der Waals surface area contributed by atoms with Crippen LogP contribution in [0.5, 0.6) is 5.75 Å². The van der Waals surface area contributed by atoms with Crippen LogP contribution in [0.3, 0.4) is 0 Å². The van der Waals surface area contributed by atoms with Crippen LogP contribution in [0.2, 0.25) is 0 Å². The van der Waals surface area contributed by atoms with Gasteiger partial charge >= 0.3 is 0 Å². The van der Waals surface area contributed by atoms with Crippen LogP contribution in [0, 0.1) is 0 Å². The highest BCUT2D eigenvalue weighted by molar-refractivity contribution is 5.30. The van der Waals surface area contributed by atoms with E-state index in [1.54, 1.807) is 25.6 Å². The highest BCUT2D eigenvalue weighted by Crippen LogP contribution is 2.30. The predicted octanol–water partition coefficient (Wildman–Crippen LogP) is 0.858. The van der Waals surface area contributed by atoms with Gasteiger partial charge in [-0.1, -0.05) is 0 Å². The number of methoxy groups -OCH3 is 1. The highest BCUT2D eigenvalue weighted by atomic mass is 19.1. The number of aromatic nitrogens is 1. The third-order valence-electron chi connectivity index (χ3n) is 2.28. The van der Waals surface area contributed by atoms with Crippen molar-refractivity contribution >= 4 is 0 Å². The van der Waals surface area contributed by atoms with Crippen LogP contribution in [-0.4, -0.2) is 25.2 Å². The van der Waals surface area contributed by atoms with Crippen LogP contribution < -0.4 is 10.1 Å². The van der Waals surface area contributed by atoms with Gasteiger partial charge in [-0.05, 0) is 6.07 Å². The van der Waals surface area contributed by atoms with Crippen molar-refractivity contribution in [2.45, 2.75) is 5.67 Å². The summed E-state index contributed by atoms with van der Waals surface area (Å²) in [5.74, 6) is 0.599. The Morgan fingerprint density at radius 2 is 2.31 bits per heavy atom. The van der Waals surface area contributed by atoms with E-state index >= 15 is 0 Å². The van der Waals surface area contributed by atoms with Gasteiger partial charge in [0.2, 0.25) is 0 Å². The van der Waals surface area contributed by atoms with Gasteiger partial charge in [0, 0.05) is 24.8 Å². The third-order valence-corrected chi connectivity index (χ3v) is 2.28. The summed E-state index contributed by atoms with van der Waals surface area (Å²) < 4.78 is 18.8. The molecular formula is C9H11FN2O. The Labute approximate surface area is 75.9 Å². The molecule has 0 aliphatic carbocycles. The van der Waals surface area contributed by atoms with E-state index in [9.17, 15) is 4.39 Å². The highest BCUT2D eigenvalue weighted by Gasteiger charge is 2.39. The molecule has 4 heteroatoms. The maximum atomic E-state index is 13.8. The van der Waals surface area contributed by atoms with Gasteiger partial charge in [0.1, 0.15) is 5.75 Å². The van der Waals surface area contributed by atoms with Crippen molar-refractivity contribution in [1.29, 1.82) is 0 Å². The number of hydrogen-bond donors (Lipinski definition) is 1. The molecule has 0 aromatic carbocycles. The van der Waals surface area contributed by atoms with E-state index in [0.29, 0.717) is 24.4 Å². The molecule has 0 amide bonds. The molecule has 1 aliphatic rings. The first-order valence-electron chi connectivity index (χ1n) is 4.14. The number of nitrogens with one attached hydrogen (secondary N) is 1. The van der Waals surface area contributed by atoms with Crippen LogP contribution >= 0.6 is 0 Å². The van der Waals surface area contributed by atoms with E-state index in [1.165, 1.54) is 0 Å². The summed E-state index contributed by atoms with van der Waals surface area (Å²) in [6.07, 6.45) is 3.11. The smallest absolute Gasteiger partial charge is 0.162 e. The van der Waals surface area contributed by atoms with Crippen molar-refractivity contribution in [1.82, 2.24) is 10.3 Å². The minimum Gasteiger partial charge on any atom is -0.495 e. The minimum absolute atomic E-state index is 0.363. The molecule has 0 atom stereocenters. The Morgan fingerprint density at radius 3 is 2.85 bits per heavy atom. The van der Waals surface area contributed by atoms with Crippen molar-refractivity contribution < 1.29 is 9.13 Å². The molecule has 0 saturated carbocycles. The molecule has 70 valence electrons. The Morgan fingerprint density at radius 1 is 1.54 bits per heavy atom. The number of halogens is 1. The van der Waals surface area contributed by atoms with E-state index in [1.807, 2.05) is 0 Å². The quantitative estimate of drug-likeness (QED) is 0.736. The van der Waals surface area contributed by atoms with Gasteiger partial charge in [0.05, 0.1) is 13.3 Å². The summed E-state index contributed by atoms with van der Waals surface area (Å²) in [5, 5.41) is 2.89. The lowest BCUT2D eigenvalue weighted by atomic mass is 9.91. The van der Waals surface area contributed by atoms with E-state index in [-0.39, 0.29) is 0 Å². The minimum atomic E-state index is -1.25. The van der Waals surface area contributed by atoms with E-state index in [0.717, 1.165) is 0 Å². The number of pyridine rings is 1. The molecule has 1 saturated heterocycles. The summed E-state index contributed by atoms with van der Waals surface area (Å²) >= 11 is 0. The van der Waals surface area contributed by atoms with E-state index < -0.39 is 5.67 Å². The van der Waals surface area contributed by atoms with Crippen LogP contribution in [0.15, 0.2) is 18.5 Å². The number of nitrogens with zero attached hydrogens (tertiary/aromatic N) is 1. The van der Waals surface area contributed by atoms with Gasteiger partial charge in [-0.3, -0.25) is 4.98 Å². The zero-order valence-electron chi connectivity index (χ0n) is 7.38. The molecule has 0 spiro atoms. The summed E-state index contributed by atoms with van der Waals surface area (Å²) in [7, 11) is 1.55. The van der Waals surface area contributed by atoms with Crippen LogP contribution in [0.1, 0.15) is 5.56 Å². The molecule has 1 aromatic heterocycles. The van der Waals surface area contributed by atoms with Gasteiger partial charge in [0.15, 0.2) is 5.67 Å². The van der Waals surface area contributed by atoms with Gasteiger partial charge in [-0.15, -0.1) is 0 Å². The Bertz CT molecular complexity index is 312. The van der Waals surface area contributed by atoms with Crippen LogP contribution in [-0.2, 0) is 5.67 Å². The molecule has 1 aromatic rings. The zero-order chi connectivity index (χ0) is 9.31. The first kappa shape index (κ1) is 8.44. The third kappa shape index (κ3) is 1.37. The largest absolute Gasteiger partial charge is 0.495 e. The fraction of sp³-hybridized carbons (Fsp3) is 0.444. The number of ether oxygens (including phenoxy) is 1. The average molecular weight is 182 g/mol. The summed E-state index contributed by atoms with van der Waals surface area (Å²) in [4.78, 5) is 3.91. The predicted molar refractivity (Wildman–Crippen MR) is 46.4 cm³/mol. The van der Waals surface area contributed by atoms with Crippen molar-refractivity contribution in [3.63, 3.8) is 0 Å². The van der Waals surface area contributed by atoms with Gasteiger partial charge < -0.3 is 10.1 Å². The second-order valence-electron chi connectivity index (χ2n) is 3.18. The van der Waals surface area contributed by atoms with Crippen LogP contribution in [0.4, 0.5) is 4.39 Å². The molecule has 1 aliphatic heterocycles. The van der Waals surface area contributed by atoms with Crippen molar-refractivity contribution in [2.24, 2.45) is 0 Å². The maximum Gasteiger partial charge on any atom is 0.162 e. The normalized spacial score (nSPS) is 19.2. The molecule has 0 unspecified atom stereocenters. The Kier molecular flexibility index (Phi) is 1.92. The Balaban J connectivity index is 2.29. The zero-order valence-corrected chi connectivity index (χ0v) is 7.38. The van der Waals surface area contributed by atoms with E-state index in [4.69, 9.17) is 4.74 Å². The van der Waals surface area contributed by atoms with Gasteiger partial charge in [-0.25, -0.2) is 4.39 Å². The molecule has 1 N–H and O–H groups in total. The lowest BCUT2D eigenvalue weighted by molar-refractivity contribution is 0.0884. The molecule has 2 heterocycles. The fourth-order valence-electron chi connectivity index (χ4n) is 1.32. The summed E-state index contributed by atoms with van der Waals surface area (Å²) in [6.45, 7) is 0.726. The molecule has 0 bridgehead atoms. The van der Waals surface area contributed by atoms with Gasteiger partial charge in [-0.2, -0.15) is 0 Å². The van der Waals surface area contributed by atoms with Crippen molar-refractivity contribution in [3.05, 3.63) is 24.0 Å². The average Bonchev–Trinajstić information content (AvgIpc) is 2.14. The molecule has 1 fully saturated rings. The summed E-state index contributed by atoms with van der Waals surface area (Å²) in [6, 6.07) is 1.69. The first-order chi connectivity index (χ1) is 6.24. The molecule has 3 nitrogen and oxygen atoms in total. The van der Waals surface area contributed by atoms with Crippen LogP contribution in [0.25, 0.3) is 0 Å². The van der Waals surface area contributed by atoms with Gasteiger partial charge in [0.25, 0.3) is 0 Å².